The summed E-state index contributed by atoms with van der Waals surface area (Å²) in [5.74, 6) is 0. The standard InChI is InChI=1S/C9H11O.Co.2FH/c10-8-9-6-4-2-1-3-5-7-9;;;/h1-2,7H,3-6H2;;2*1H/q-1;;;. The van der Waals surface area contributed by atoms with Crippen LogP contribution in [0.2, 0.25) is 0 Å². The van der Waals surface area contributed by atoms with E-state index in [0.29, 0.717) is 0 Å². The fourth-order valence-corrected chi connectivity index (χ4v) is 1.02. The molecule has 1 rings (SSSR count). The van der Waals surface area contributed by atoms with Crippen molar-refractivity contribution in [3.05, 3.63) is 23.8 Å². The molecule has 0 bridgehead atoms. The summed E-state index contributed by atoms with van der Waals surface area (Å²) in [4.78, 5) is 10.2. The molecule has 1 aliphatic rings. The molecule has 1 radical (unpaired) electrons. The van der Waals surface area contributed by atoms with E-state index >= 15 is 0 Å². The van der Waals surface area contributed by atoms with E-state index < -0.39 is 0 Å². The Kier molecular flexibility index (Phi) is 16.2. The molecule has 1 nitrogen and oxygen atoms in total. The van der Waals surface area contributed by atoms with Crippen molar-refractivity contribution in [2.24, 2.45) is 0 Å². The Morgan fingerprint density at radius 3 is 2.31 bits per heavy atom. The zero-order valence-corrected chi connectivity index (χ0v) is 8.16. The van der Waals surface area contributed by atoms with Gasteiger partial charge in [-0.05, 0) is 19.1 Å². The molecule has 0 N–H and O–H groups in total. The molecule has 0 aromatic carbocycles. The maximum atomic E-state index is 10.2. The Morgan fingerprint density at radius 1 is 1.08 bits per heavy atom. The van der Waals surface area contributed by atoms with Gasteiger partial charge in [0.1, 0.15) is 0 Å². The van der Waals surface area contributed by atoms with Crippen molar-refractivity contribution >= 4 is 6.29 Å². The van der Waals surface area contributed by atoms with Crippen LogP contribution in [0, 0.1) is 0 Å². The molecule has 0 fully saturated rings. The van der Waals surface area contributed by atoms with E-state index in [2.05, 4.69) is 12.2 Å². The molecule has 0 saturated carbocycles. The van der Waals surface area contributed by atoms with E-state index in [-0.39, 0.29) is 26.2 Å². The van der Waals surface area contributed by atoms with E-state index in [1.165, 1.54) is 0 Å². The van der Waals surface area contributed by atoms with Gasteiger partial charge in [0.2, 0.25) is 0 Å². The summed E-state index contributed by atoms with van der Waals surface area (Å²) in [6.07, 6.45) is 12.1. The molecule has 0 saturated heterocycles. The van der Waals surface area contributed by atoms with Crippen LogP contribution in [0.1, 0.15) is 25.7 Å². The Labute approximate surface area is 87.2 Å². The number of hydrogen-bond acceptors (Lipinski definition) is 1. The smallest absolute Gasteiger partial charge is 0 e. The quantitative estimate of drug-likeness (QED) is 0.503. The van der Waals surface area contributed by atoms with Gasteiger partial charge >= 0.3 is 0 Å². The van der Waals surface area contributed by atoms with Gasteiger partial charge in [-0.2, -0.15) is 5.57 Å². The van der Waals surface area contributed by atoms with E-state index in [0.717, 1.165) is 31.3 Å². The average molecular weight is 234 g/mol. The molecular formula is C9H13CoF2O-. The van der Waals surface area contributed by atoms with E-state index in [1.807, 2.05) is 12.4 Å². The van der Waals surface area contributed by atoms with Crippen molar-refractivity contribution in [1.82, 2.24) is 0 Å². The van der Waals surface area contributed by atoms with Gasteiger partial charge in [0.25, 0.3) is 0 Å². The minimum atomic E-state index is 0. The predicted octanol–water partition coefficient (Wildman–Crippen LogP) is 2.46. The van der Waals surface area contributed by atoms with E-state index in [9.17, 15) is 4.79 Å². The first-order chi connectivity index (χ1) is 4.93. The van der Waals surface area contributed by atoms with Gasteiger partial charge < -0.3 is 4.79 Å². The summed E-state index contributed by atoms with van der Waals surface area (Å²) >= 11 is 0. The molecule has 0 unspecified atom stereocenters. The number of hydrogen-bond donors (Lipinski definition) is 0. The fourth-order valence-electron chi connectivity index (χ4n) is 1.02. The average Bonchev–Trinajstić information content (AvgIpc) is 1.87. The van der Waals surface area contributed by atoms with Crippen LogP contribution in [0.25, 0.3) is 0 Å². The van der Waals surface area contributed by atoms with Crippen LogP contribution in [-0.2, 0) is 21.6 Å². The third kappa shape index (κ3) is 7.86. The number of carbonyl (C=O) groups excluding carboxylic acids is 1. The van der Waals surface area contributed by atoms with Crippen molar-refractivity contribution in [3.63, 3.8) is 0 Å². The van der Waals surface area contributed by atoms with Crippen LogP contribution in [0.15, 0.2) is 23.8 Å². The zero-order valence-electron chi connectivity index (χ0n) is 7.12. The summed E-state index contributed by atoms with van der Waals surface area (Å²) in [5, 5.41) is 0. The van der Waals surface area contributed by atoms with Gasteiger partial charge in [-0.25, -0.2) is 6.08 Å². The normalized spacial score (nSPS) is 14.6. The first-order valence-corrected chi connectivity index (χ1v) is 3.65. The molecule has 13 heavy (non-hydrogen) atoms. The molecule has 0 heterocycles. The third-order valence-corrected chi connectivity index (χ3v) is 1.60. The summed E-state index contributed by atoms with van der Waals surface area (Å²) in [7, 11) is 0. The van der Waals surface area contributed by atoms with Crippen LogP contribution in [0.5, 0.6) is 0 Å². The van der Waals surface area contributed by atoms with Gasteiger partial charge in [0.05, 0.1) is 0 Å². The van der Waals surface area contributed by atoms with E-state index in [1.54, 1.807) is 0 Å². The van der Waals surface area contributed by atoms with Crippen molar-refractivity contribution in [2.75, 3.05) is 0 Å². The number of halogens is 2. The van der Waals surface area contributed by atoms with Crippen molar-refractivity contribution in [1.29, 1.82) is 0 Å². The van der Waals surface area contributed by atoms with Gasteiger partial charge in [-0.1, -0.05) is 25.0 Å². The fraction of sp³-hybridized carbons (Fsp3) is 0.444. The van der Waals surface area contributed by atoms with Crippen LogP contribution >= 0.6 is 0 Å². The van der Waals surface area contributed by atoms with Crippen LogP contribution in [0.4, 0.5) is 9.41 Å². The molecule has 0 amide bonds. The predicted molar refractivity (Wildman–Crippen MR) is 46.4 cm³/mol. The second kappa shape index (κ2) is 11.5. The molecule has 0 aromatic heterocycles. The SMILES string of the molecule is F.F.O=[C-]C1=CCCC=CCC1.[Co]. The Morgan fingerprint density at radius 2 is 1.69 bits per heavy atom. The van der Waals surface area contributed by atoms with E-state index in [4.69, 9.17) is 0 Å². The first kappa shape index (κ1) is 18.3. The number of rotatable bonds is 1. The molecular weight excluding hydrogens is 221 g/mol. The van der Waals surface area contributed by atoms with Gasteiger partial charge in [0, 0.05) is 16.8 Å². The van der Waals surface area contributed by atoms with Gasteiger partial charge in [-0.15, -0.1) is 0 Å². The number of allylic oxidation sites excluding steroid dienone is 4. The third-order valence-electron chi connectivity index (χ3n) is 1.60. The maximum absolute atomic E-state index is 10.2. The maximum Gasteiger partial charge on any atom is 0 e. The summed E-state index contributed by atoms with van der Waals surface area (Å²) in [5.41, 5.74) is 0.837. The molecule has 0 aliphatic heterocycles. The summed E-state index contributed by atoms with van der Waals surface area (Å²) < 4.78 is 0. The minimum Gasteiger partial charge on any atom is -0.419 e. The van der Waals surface area contributed by atoms with Crippen LogP contribution in [-0.4, -0.2) is 6.29 Å². The van der Waals surface area contributed by atoms with Crippen LogP contribution in [0.3, 0.4) is 0 Å². The van der Waals surface area contributed by atoms with Crippen molar-refractivity contribution in [3.8, 4) is 0 Å². The second-order valence-electron chi connectivity index (χ2n) is 2.42. The molecule has 0 atom stereocenters. The largest absolute Gasteiger partial charge is 0.419 e. The monoisotopic (exact) mass is 234 g/mol. The minimum absolute atomic E-state index is 0. The topological polar surface area (TPSA) is 17.1 Å². The Hall–Kier alpha value is -0.484. The van der Waals surface area contributed by atoms with Crippen molar-refractivity contribution < 1.29 is 31.0 Å². The van der Waals surface area contributed by atoms with Crippen LogP contribution < -0.4 is 0 Å². The Balaban J connectivity index is -0.000000333. The van der Waals surface area contributed by atoms with Crippen molar-refractivity contribution in [2.45, 2.75) is 25.7 Å². The summed E-state index contributed by atoms with van der Waals surface area (Å²) in [6.45, 7) is 0. The van der Waals surface area contributed by atoms with Gasteiger partial charge in [-0.3, -0.25) is 9.41 Å². The molecule has 79 valence electrons. The van der Waals surface area contributed by atoms with Gasteiger partial charge in [0.15, 0.2) is 0 Å². The molecule has 0 spiro atoms. The summed E-state index contributed by atoms with van der Waals surface area (Å²) in [6, 6.07) is 0. The Bertz CT molecular complexity index is 178. The zero-order chi connectivity index (χ0) is 7.23. The first-order valence-electron chi connectivity index (χ1n) is 3.65. The second-order valence-corrected chi connectivity index (χ2v) is 2.42. The molecule has 0 aromatic rings. The molecule has 1 aliphatic carbocycles. The molecule has 4 heteroatoms.